The van der Waals surface area contributed by atoms with E-state index in [2.05, 4.69) is 4.99 Å². The van der Waals surface area contributed by atoms with Crippen molar-refractivity contribution in [3.05, 3.63) is 84.5 Å². The van der Waals surface area contributed by atoms with E-state index in [4.69, 9.17) is 23.7 Å². The molecule has 9 nitrogen and oxygen atoms in total. The lowest BCUT2D eigenvalue weighted by Gasteiger charge is -2.26. The molecule has 0 bridgehead atoms. The number of carbonyl (C=O) groups is 1. The summed E-state index contributed by atoms with van der Waals surface area (Å²) in [7, 11) is 3.08. The van der Waals surface area contributed by atoms with Gasteiger partial charge in [-0.3, -0.25) is 9.36 Å². The molecule has 0 amide bonds. The number of methoxy groups -OCH3 is 2. The smallest absolute Gasteiger partial charge is 0.338 e. The molecule has 0 radical (unpaired) electrons. The highest BCUT2D eigenvalue weighted by Crippen LogP contribution is 2.35. The van der Waals surface area contributed by atoms with Gasteiger partial charge < -0.3 is 23.7 Å². The lowest BCUT2D eigenvalue weighted by molar-refractivity contribution is -0.140. The summed E-state index contributed by atoms with van der Waals surface area (Å²) in [6, 6.07) is 12.1. The summed E-state index contributed by atoms with van der Waals surface area (Å²) in [4.78, 5) is 32.3. The van der Waals surface area contributed by atoms with Gasteiger partial charge in [-0.15, -0.1) is 0 Å². The Morgan fingerprint density at radius 2 is 1.77 bits per heavy atom. The maximum Gasteiger partial charge on any atom is 0.338 e. The third kappa shape index (κ3) is 5.91. The van der Waals surface area contributed by atoms with Gasteiger partial charge in [0.15, 0.2) is 16.3 Å². The summed E-state index contributed by atoms with van der Waals surface area (Å²) in [5.41, 5.74) is 1.89. The van der Waals surface area contributed by atoms with Gasteiger partial charge in [0, 0.05) is 12.7 Å². The van der Waals surface area contributed by atoms with Crippen LogP contribution in [0.5, 0.6) is 17.2 Å². The molecule has 0 aliphatic carbocycles. The van der Waals surface area contributed by atoms with Crippen molar-refractivity contribution in [2.45, 2.75) is 26.8 Å². The fourth-order valence-corrected chi connectivity index (χ4v) is 5.42. The number of carbonyl (C=O) groups excluding carboxylic acids is 1. The van der Waals surface area contributed by atoms with E-state index < -0.39 is 12.0 Å². The zero-order valence-corrected chi connectivity index (χ0v) is 23.5. The first-order valence-corrected chi connectivity index (χ1v) is 13.5. The Morgan fingerprint density at radius 3 is 2.49 bits per heavy atom. The van der Waals surface area contributed by atoms with Crippen molar-refractivity contribution in [3.8, 4) is 17.2 Å². The molecule has 1 unspecified atom stereocenters. The largest absolute Gasteiger partial charge is 0.496 e. The first-order chi connectivity index (χ1) is 18.9. The molecule has 10 heteroatoms. The number of benzene rings is 2. The summed E-state index contributed by atoms with van der Waals surface area (Å²) in [5, 5.41) is 0. The Morgan fingerprint density at radius 1 is 1.03 bits per heavy atom. The molecule has 3 aromatic rings. The molecule has 2 heterocycles. The molecule has 0 spiro atoms. The predicted molar refractivity (Wildman–Crippen MR) is 148 cm³/mol. The van der Waals surface area contributed by atoms with Gasteiger partial charge in [0.05, 0.1) is 42.7 Å². The van der Waals surface area contributed by atoms with E-state index in [1.54, 1.807) is 26.2 Å². The van der Waals surface area contributed by atoms with E-state index in [1.165, 1.54) is 23.0 Å². The van der Waals surface area contributed by atoms with Crippen LogP contribution in [0.4, 0.5) is 0 Å². The molecule has 39 heavy (non-hydrogen) atoms. The van der Waals surface area contributed by atoms with Gasteiger partial charge in [0.1, 0.15) is 18.4 Å². The van der Waals surface area contributed by atoms with Crippen LogP contribution >= 0.6 is 11.3 Å². The average molecular weight is 553 g/mol. The minimum Gasteiger partial charge on any atom is -0.496 e. The number of allylic oxidation sites excluding steroid dienone is 1. The number of rotatable bonds is 11. The molecule has 1 atom stereocenters. The second-order valence-corrected chi connectivity index (χ2v) is 9.53. The van der Waals surface area contributed by atoms with Crippen molar-refractivity contribution in [2.75, 3.05) is 40.6 Å². The molecule has 0 saturated heterocycles. The quantitative estimate of drug-likeness (QED) is 0.266. The van der Waals surface area contributed by atoms with E-state index >= 15 is 0 Å². The first kappa shape index (κ1) is 28.1. The van der Waals surface area contributed by atoms with Gasteiger partial charge in [-0.05, 0) is 50.6 Å². The summed E-state index contributed by atoms with van der Waals surface area (Å²) in [5.74, 6) is 1.22. The van der Waals surface area contributed by atoms with E-state index in [-0.39, 0.29) is 24.3 Å². The second kappa shape index (κ2) is 12.8. The number of hydrogen-bond donors (Lipinski definition) is 0. The Hall–Kier alpha value is -3.89. The van der Waals surface area contributed by atoms with Gasteiger partial charge in [-0.25, -0.2) is 9.79 Å². The highest BCUT2D eigenvalue weighted by atomic mass is 32.1. The van der Waals surface area contributed by atoms with Crippen LogP contribution in [0.15, 0.2) is 63.5 Å². The van der Waals surface area contributed by atoms with E-state index in [9.17, 15) is 9.59 Å². The van der Waals surface area contributed by atoms with Crippen LogP contribution in [0.1, 0.15) is 37.9 Å². The monoisotopic (exact) mass is 552 g/mol. The molecule has 206 valence electrons. The fraction of sp³-hybridized carbons (Fsp3) is 0.345. The summed E-state index contributed by atoms with van der Waals surface area (Å²) in [6.45, 7) is 6.87. The number of hydrogen-bond acceptors (Lipinski definition) is 9. The van der Waals surface area contributed by atoms with Crippen molar-refractivity contribution in [1.29, 1.82) is 0 Å². The van der Waals surface area contributed by atoms with Gasteiger partial charge in [0.2, 0.25) is 0 Å². The third-order valence-corrected chi connectivity index (χ3v) is 7.04. The van der Waals surface area contributed by atoms with E-state index in [0.717, 1.165) is 5.56 Å². The van der Waals surface area contributed by atoms with Crippen LogP contribution in [0, 0.1) is 0 Å². The molecule has 1 aliphatic rings. The molecule has 0 N–H and O–H groups in total. The van der Waals surface area contributed by atoms with Crippen molar-refractivity contribution in [1.82, 2.24) is 4.57 Å². The van der Waals surface area contributed by atoms with Crippen LogP contribution in [0.3, 0.4) is 0 Å². The van der Waals surface area contributed by atoms with Gasteiger partial charge in [-0.1, -0.05) is 35.6 Å². The van der Waals surface area contributed by atoms with Gasteiger partial charge >= 0.3 is 5.97 Å². The first-order valence-electron chi connectivity index (χ1n) is 12.6. The van der Waals surface area contributed by atoms with Crippen molar-refractivity contribution >= 4 is 23.4 Å². The summed E-state index contributed by atoms with van der Waals surface area (Å²) < 4.78 is 29.5. The Balaban J connectivity index is 1.88. The molecule has 1 aromatic heterocycles. The molecule has 0 saturated carbocycles. The number of para-hydroxylation sites is 1. The highest BCUT2D eigenvalue weighted by Gasteiger charge is 2.35. The topological polar surface area (TPSA) is 97.6 Å². The number of fused-ring (bicyclic) bond motifs is 1. The van der Waals surface area contributed by atoms with Crippen LogP contribution in [-0.2, 0) is 14.3 Å². The Labute approximate surface area is 230 Å². The van der Waals surface area contributed by atoms with E-state index in [1.807, 2.05) is 50.2 Å². The van der Waals surface area contributed by atoms with Crippen LogP contribution in [-0.4, -0.2) is 51.2 Å². The predicted octanol–water partition coefficient (Wildman–Crippen LogP) is 3.23. The molecule has 2 aromatic carbocycles. The number of nitrogens with zero attached hydrogens (tertiary/aromatic N) is 2. The molecular formula is C29H32N2O7S. The van der Waals surface area contributed by atoms with Crippen molar-refractivity contribution < 1.29 is 28.5 Å². The average Bonchev–Trinajstić information content (AvgIpc) is 3.23. The fourth-order valence-electron chi connectivity index (χ4n) is 4.37. The lowest BCUT2D eigenvalue weighted by Crippen LogP contribution is -2.40. The van der Waals surface area contributed by atoms with E-state index in [0.29, 0.717) is 51.1 Å². The second-order valence-electron chi connectivity index (χ2n) is 8.52. The van der Waals surface area contributed by atoms with Crippen LogP contribution < -0.4 is 29.1 Å². The summed E-state index contributed by atoms with van der Waals surface area (Å²) in [6.07, 6.45) is 1.79. The maximum absolute atomic E-state index is 13.9. The normalized spacial score (nSPS) is 15.0. The lowest BCUT2D eigenvalue weighted by atomic mass is 9.95. The minimum absolute atomic E-state index is 0.0785. The van der Waals surface area contributed by atoms with Gasteiger partial charge in [-0.2, -0.15) is 0 Å². The zero-order valence-electron chi connectivity index (χ0n) is 22.7. The van der Waals surface area contributed by atoms with Crippen molar-refractivity contribution in [3.63, 3.8) is 0 Å². The Kier molecular flexibility index (Phi) is 9.21. The maximum atomic E-state index is 13.9. The van der Waals surface area contributed by atoms with Crippen molar-refractivity contribution in [2.24, 2.45) is 4.99 Å². The minimum atomic E-state index is -0.783. The zero-order chi connectivity index (χ0) is 27.9. The van der Waals surface area contributed by atoms with Crippen LogP contribution in [0.2, 0.25) is 0 Å². The molecule has 0 fully saturated rings. The SMILES string of the molecule is CCOc1ccc(C=c2sc3n(c2=O)C(c2ccccc2OC)C(C(=O)OCCOC)=C(C)N=3)cc1OCC. The standard InChI is InChI=1S/C29H32N2O7S/c1-6-36-22-13-12-19(16-23(22)37-7-2)17-24-27(32)31-26(20-10-8-9-11-21(20)35-5)25(18(3)30-29(31)39-24)28(33)38-15-14-34-4/h8-13,16-17,26H,6-7,14-15H2,1-5H3. The summed E-state index contributed by atoms with van der Waals surface area (Å²) >= 11 is 1.25. The van der Waals surface area contributed by atoms with Gasteiger partial charge in [0.25, 0.3) is 5.56 Å². The van der Waals surface area contributed by atoms with Crippen LogP contribution in [0.25, 0.3) is 6.08 Å². The molecular weight excluding hydrogens is 520 g/mol. The number of esters is 1. The molecule has 4 rings (SSSR count). The number of ether oxygens (including phenoxy) is 5. The third-order valence-electron chi connectivity index (χ3n) is 6.06. The Bertz CT molecular complexity index is 1550. The molecule has 1 aliphatic heterocycles. The highest BCUT2D eigenvalue weighted by molar-refractivity contribution is 7.07. The number of thiazole rings is 1. The number of aromatic nitrogens is 1.